The molecule has 0 bridgehead atoms. The number of fused-ring (bicyclic) bond motifs is 1. The highest BCUT2D eigenvalue weighted by atomic mass is 32.2. The molecule has 0 aliphatic rings. The molecular formula is C22H28N4OS2. The SMILES string of the molecule is CCN(CC)C(CNC(=O)CSc1ncnc2sc(C)c(C)c12)c1ccccc1. The van der Waals surface area contributed by atoms with Crippen LogP contribution in [0.5, 0.6) is 0 Å². The molecule has 3 rings (SSSR count). The largest absolute Gasteiger partial charge is 0.353 e. The van der Waals surface area contributed by atoms with Gasteiger partial charge in [-0.2, -0.15) is 0 Å². The predicted molar refractivity (Wildman–Crippen MR) is 123 cm³/mol. The van der Waals surface area contributed by atoms with Crippen LogP contribution in [-0.2, 0) is 4.79 Å². The number of hydrogen-bond donors (Lipinski definition) is 1. The van der Waals surface area contributed by atoms with E-state index in [0.717, 1.165) is 28.3 Å². The Morgan fingerprint density at radius 2 is 1.90 bits per heavy atom. The number of nitrogens with one attached hydrogen (secondary N) is 1. The molecule has 7 heteroatoms. The Morgan fingerprint density at radius 3 is 2.59 bits per heavy atom. The molecule has 0 spiro atoms. The number of aryl methyl sites for hydroxylation is 2. The maximum atomic E-state index is 12.6. The molecule has 0 aliphatic carbocycles. The van der Waals surface area contributed by atoms with Gasteiger partial charge in [-0.25, -0.2) is 9.97 Å². The van der Waals surface area contributed by atoms with Gasteiger partial charge in [0.05, 0.1) is 11.8 Å². The van der Waals surface area contributed by atoms with Gasteiger partial charge in [-0.1, -0.05) is 55.9 Å². The van der Waals surface area contributed by atoms with E-state index in [-0.39, 0.29) is 11.9 Å². The number of carbonyl (C=O) groups excluding carboxylic acids is 1. The minimum Gasteiger partial charge on any atom is -0.353 e. The number of amides is 1. The van der Waals surface area contributed by atoms with Gasteiger partial charge in [-0.05, 0) is 38.1 Å². The standard InChI is InChI=1S/C22H28N4OS2/c1-5-26(6-2)18(17-10-8-7-9-11-17)12-23-19(27)13-28-21-20-15(3)16(4)29-22(20)25-14-24-21/h7-11,14,18H,5-6,12-13H2,1-4H3,(H,23,27). The molecular weight excluding hydrogens is 400 g/mol. The van der Waals surface area contributed by atoms with Crippen LogP contribution in [0.15, 0.2) is 41.7 Å². The van der Waals surface area contributed by atoms with Gasteiger partial charge in [0, 0.05) is 16.8 Å². The van der Waals surface area contributed by atoms with Crippen LogP contribution in [0.4, 0.5) is 0 Å². The summed E-state index contributed by atoms with van der Waals surface area (Å²) in [7, 11) is 0. The molecule has 0 saturated heterocycles. The van der Waals surface area contributed by atoms with E-state index in [4.69, 9.17) is 0 Å². The van der Waals surface area contributed by atoms with E-state index in [1.807, 2.05) is 6.07 Å². The number of likely N-dealkylation sites (N-methyl/N-ethyl adjacent to an activating group) is 1. The highest BCUT2D eigenvalue weighted by Gasteiger charge is 2.19. The summed E-state index contributed by atoms with van der Waals surface area (Å²) in [5, 5.41) is 5.09. The molecule has 0 radical (unpaired) electrons. The van der Waals surface area contributed by atoms with Crippen molar-refractivity contribution in [2.24, 2.45) is 0 Å². The Kier molecular flexibility index (Phi) is 7.64. The second kappa shape index (κ2) is 10.2. The van der Waals surface area contributed by atoms with Gasteiger partial charge in [0.2, 0.25) is 5.91 Å². The van der Waals surface area contributed by atoms with Crippen LogP contribution in [-0.4, -0.2) is 46.2 Å². The average molecular weight is 429 g/mol. The summed E-state index contributed by atoms with van der Waals surface area (Å²) in [5.74, 6) is 0.375. The number of carbonyl (C=O) groups is 1. The van der Waals surface area contributed by atoms with Crippen molar-refractivity contribution < 1.29 is 4.79 Å². The summed E-state index contributed by atoms with van der Waals surface area (Å²) in [6, 6.07) is 10.6. The predicted octanol–water partition coefficient (Wildman–Crippen LogP) is 4.60. The van der Waals surface area contributed by atoms with Crippen LogP contribution < -0.4 is 5.32 Å². The van der Waals surface area contributed by atoms with Crippen LogP contribution in [0.1, 0.15) is 35.9 Å². The molecule has 1 N–H and O–H groups in total. The molecule has 0 saturated carbocycles. The Hall–Kier alpha value is -1.96. The quantitative estimate of drug-likeness (QED) is 0.399. The smallest absolute Gasteiger partial charge is 0.230 e. The fraction of sp³-hybridized carbons (Fsp3) is 0.409. The Bertz CT molecular complexity index is 954. The summed E-state index contributed by atoms with van der Waals surface area (Å²) >= 11 is 3.16. The number of hydrogen-bond acceptors (Lipinski definition) is 6. The number of nitrogens with zero attached hydrogens (tertiary/aromatic N) is 3. The second-order valence-electron chi connectivity index (χ2n) is 6.88. The van der Waals surface area contributed by atoms with E-state index in [9.17, 15) is 4.79 Å². The summed E-state index contributed by atoms with van der Waals surface area (Å²) in [6.45, 7) is 11.0. The van der Waals surface area contributed by atoms with Crippen molar-refractivity contribution in [1.29, 1.82) is 0 Å². The Balaban J connectivity index is 1.64. The van der Waals surface area contributed by atoms with Gasteiger partial charge < -0.3 is 5.32 Å². The van der Waals surface area contributed by atoms with Crippen molar-refractivity contribution in [2.45, 2.75) is 38.8 Å². The first-order valence-corrected chi connectivity index (χ1v) is 11.7. The van der Waals surface area contributed by atoms with Crippen LogP contribution >= 0.6 is 23.1 Å². The third-order valence-electron chi connectivity index (χ3n) is 5.20. The molecule has 1 amide bonds. The van der Waals surface area contributed by atoms with E-state index in [1.165, 1.54) is 27.8 Å². The fourth-order valence-corrected chi connectivity index (χ4v) is 5.40. The maximum absolute atomic E-state index is 12.6. The fourth-order valence-electron chi connectivity index (χ4n) is 3.45. The minimum atomic E-state index is 0.0273. The zero-order valence-corrected chi connectivity index (χ0v) is 19.1. The van der Waals surface area contributed by atoms with Gasteiger partial charge in [-0.15, -0.1) is 11.3 Å². The van der Waals surface area contributed by atoms with E-state index in [1.54, 1.807) is 17.7 Å². The van der Waals surface area contributed by atoms with Gasteiger partial charge in [0.15, 0.2) is 0 Å². The van der Waals surface area contributed by atoms with E-state index in [2.05, 4.69) is 72.1 Å². The second-order valence-corrected chi connectivity index (χ2v) is 9.05. The lowest BCUT2D eigenvalue weighted by Gasteiger charge is -2.30. The van der Waals surface area contributed by atoms with Crippen molar-refractivity contribution >= 4 is 39.2 Å². The number of thiophene rings is 1. The van der Waals surface area contributed by atoms with Crippen LogP contribution in [0, 0.1) is 13.8 Å². The first-order valence-electron chi connectivity index (χ1n) is 9.94. The summed E-state index contributed by atoms with van der Waals surface area (Å²) in [6.07, 6.45) is 1.59. The minimum absolute atomic E-state index is 0.0273. The van der Waals surface area contributed by atoms with Crippen LogP contribution in [0.25, 0.3) is 10.2 Å². The Labute approximate surface area is 180 Å². The zero-order valence-electron chi connectivity index (χ0n) is 17.4. The van der Waals surface area contributed by atoms with Crippen molar-refractivity contribution in [3.63, 3.8) is 0 Å². The highest BCUT2D eigenvalue weighted by Crippen LogP contribution is 2.34. The number of benzene rings is 1. The molecule has 1 atom stereocenters. The lowest BCUT2D eigenvalue weighted by Crippen LogP contribution is -2.38. The van der Waals surface area contributed by atoms with Gasteiger partial charge in [0.1, 0.15) is 16.2 Å². The molecule has 0 aliphatic heterocycles. The molecule has 3 aromatic rings. The van der Waals surface area contributed by atoms with E-state index >= 15 is 0 Å². The first-order chi connectivity index (χ1) is 14.0. The van der Waals surface area contributed by atoms with Crippen LogP contribution in [0.3, 0.4) is 0 Å². The van der Waals surface area contributed by atoms with E-state index < -0.39 is 0 Å². The molecule has 2 heterocycles. The lowest BCUT2D eigenvalue weighted by atomic mass is 10.1. The summed E-state index contributed by atoms with van der Waals surface area (Å²) < 4.78 is 0. The van der Waals surface area contributed by atoms with Gasteiger partial charge in [-0.3, -0.25) is 9.69 Å². The topological polar surface area (TPSA) is 58.1 Å². The van der Waals surface area contributed by atoms with Crippen LogP contribution in [0.2, 0.25) is 0 Å². The van der Waals surface area contributed by atoms with Gasteiger partial charge in [0.25, 0.3) is 0 Å². The molecule has 1 aromatic carbocycles. The van der Waals surface area contributed by atoms with Gasteiger partial charge >= 0.3 is 0 Å². The van der Waals surface area contributed by atoms with Crippen molar-refractivity contribution in [2.75, 3.05) is 25.4 Å². The third kappa shape index (κ3) is 5.15. The summed E-state index contributed by atoms with van der Waals surface area (Å²) in [5.41, 5.74) is 2.44. The molecule has 2 aromatic heterocycles. The van der Waals surface area contributed by atoms with Crippen molar-refractivity contribution in [3.8, 4) is 0 Å². The molecule has 154 valence electrons. The number of thioether (sulfide) groups is 1. The molecule has 0 fully saturated rings. The monoisotopic (exact) mass is 428 g/mol. The van der Waals surface area contributed by atoms with Crippen molar-refractivity contribution in [3.05, 3.63) is 52.7 Å². The number of rotatable bonds is 9. The Morgan fingerprint density at radius 1 is 1.17 bits per heavy atom. The average Bonchev–Trinajstić information content (AvgIpc) is 3.04. The first kappa shape index (κ1) is 21.7. The molecule has 29 heavy (non-hydrogen) atoms. The van der Waals surface area contributed by atoms with Crippen molar-refractivity contribution in [1.82, 2.24) is 20.2 Å². The molecule has 5 nitrogen and oxygen atoms in total. The maximum Gasteiger partial charge on any atom is 0.230 e. The normalized spacial score (nSPS) is 12.4. The van der Waals surface area contributed by atoms with E-state index in [0.29, 0.717) is 12.3 Å². The third-order valence-corrected chi connectivity index (χ3v) is 7.31. The lowest BCUT2D eigenvalue weighted by molar-refractivity contribution is -0.118. The summed E-state index contributed by atoms with van der Waals surface area (Å²) in [4.78, 5) is 26.0. The zero-order chi connectivity index (χ0) is 20.8. The molecule has 1 unspecified atom stereocenters. The highest BCUT2D eigenvalue weighted by molar-refractivity contribution is 8.00. The number of aromatic nitrogens is 2.